The number of ether oxygens (including phenoxy) is 6. The Kier molecular flexibility index (Phi) is 10.3. The highest BCUT2D eigenvalue weighted by Crippen LogP contribution is 2.80. The second-order valence-corrected chi connectivity index (χ2v) is 16.3. The van der Waals surface area contributed by atoms with Crippen LogP contribution in [0.2, 0.25) is 0 Å². The molecule has 1 spiro atoms. The second-order valence-electron chi connectivity index (χ2n) is 16.3. The predicted molar refractivity (Wildman–Crippen MR) is 186 cm³/mol. The van der Waals surface area contributed by atoms with Crippen molar-refractivity contribution < 1.29 is 63.2 Å². The van der Waals surface area contributed by atoms with E-state index in [4.69, 9.17) is 33.5 Å². The van der Waals surface area contributed by atoms with Crippen molar-refractivity contribution >= 4 is 17.9 Å². The molecule has 14 nitrogen and oxygen atoms in total. The van der Waals surface area contributed by atoms with Gasteiger partial charge in [0.15, 0.2) is 5.60 Å². The van der Waals surface area contributed by atoms with E-state index in [1.54, 1.807) is 51.7 Å². The number of unbranched alkanes of at least 4 members (excludes halogenated alkanes) is 2. The molecular weight excluding hydrogens is 690 g/mol. The molecule has 15 atom stereocenters. The van der Waals surface area contributed by atoms with E-state index < -0.39 is 106 Å². The maximum absolute atomic E-state index is 14.2. The summed E-state index contributed by atoms with van der Waals surface area (Å²) < 4.78 is 38.0. The first kappa shape index (κ1) is 38.6. The number of piperidine rings is 1. The van der Waals surface area contributed by atoms with Gasteiger partial charge in [-0.3, -0.25) is 14.5 Å². The van der Waals surface area contributed by atoms with Crippen molar-refractivity contribution in [1.29, 1.82) is 0 Å². The van der Waals surface area contributed by atoms with Crippen LogP contribution in [0.25, 0.3) is 0 Å². The number of carboxylic acids is 1. The Bertz CT molecular complexity index is 1550. The number of carbonyl (C=O) groups is 3. The number of benzene rings is 1. The number of aliphatic hydroxyl groups excluding tert-OH is 2. The van der Waals surface area contributed by atoms with Gasteiger partial charge >= 0.3 is 17.9 Å². The highest BCUT2D eigenvalue weighted by Gasteiger charge is 2.92. The summed E-state index contributed by atoms with van der Waals surface area (Å²) in [6.07, 6.45) is -4.80. The molecule has 1 aromatic carbocycles. The van der Waals surface area contributed by atoms with Crippen molar-refractivity contribution in [3.05, 3.63) is 35.9 Å². The fourth-order valence-corrected chi connectivity index (χ4v) is 13.0. The van der Waals surface area contributed by atoms with Gasteiger partial charge < -0.3 is 48.8 Å². The van der Waals surface area contributed by atoms with Crippen LogP contribution < -0.4 is 0 Å². The SMILES string of the molecule is CCN1C[C@]2(COC)[C@H](O)C[C@H](OC)[C@@]34[C@@H]5C[C@@]6(O)[C@H](OC(=O)c7ccccc7)[C@@H]5[C@@](OC(=O)CCCCCC(=O)O)([C@H]([C@H](OC)[C@H]23)[C@@H]14)[C@@H](O)[C@@H]6OC. The Morgan fingerprint density at radius 2 is 1.64 bits per heavy atom. The van der Waals surface area contributed by atoms with E-state index in [0.717, 1.165) is 0 Å². The van der Waals surface area contributed by atoms with Crippen LogP contribution in [0.4, 0.5) is 0 Å². The number of carboxylic acid groups (broad SMARTS) is 1. The zero-order valence-electron chi connectivity index (χ0n) is 31.2. The molecule has 6 fully saturated rings. The number of fused-ring (bicyclic) bond motifs is 2. The molecule has 5 saturated carbocycles. The highest BCUT2D eigenvalue weighted by atomic mass is 16.6. The number of aliphatic carboxylic acids is 1. The van der Waals surface area contributed by atoms with Crippen molar-refractivity contribution in [2.45, 2.75) is 106 Å². The van der Waals surface area contributed by atoms with Crippen LogP contribution in [-0.2, 0) is 38.0 Å². The zero-order valence-corrected chi connectivity index (χ0v) is 31.2. The number of rotatable bonds is 15. The van der Waals surface area contributed by atoms with Crippen molar-refractivity contribution in [2.75, 3.05) is 48.1 Å². The van der Waals surface area contributed by atoms with E-state index >= 15 is 0 Å². The predicted octanol–water partition coefficient (Wildman–Crippen LogP) is 1.66. The van der Waals surface area contributed by atoms with E-state index in [9.17, 15) is 29.7 Å². The highest BCUT2D eigenvalue weighted by molar-refractivity contribution is 5.89. The first-order valence-corrected chi connectivity index (χ1v) is 19.0. The van der Waals surface area contributed by atoms with E-state index in [0.29, 0.717) is 32.4 Å². The number of methoxy groups -OCH3 is 4. The number of nitrogens with zero attached hydrogens (tertiary/aromatic N) is 1. The van der Waals surface area contributed by atoms with Crippen LogP contribution in [0.1, 0.15) is 62.2 Å². The lowest BCUT2D eigenvalue weighted by Gasteiger charge is -2.70. The average molecular weight is 746 g/mol. The fourth-order valence-electron chi connectivity index (χ4n) is 13.0. The van der Waals surface area contributed by atoms with Gasteiger partial charge in [-0.05, 0) is 43.9 Å². The molecule has 1 saturated heterocycles. The first-order chi connectivity index (χ1) is 25.4. The monoisotopic (exact) mass is 745 g/mol. The topological polar surface area (TPSA) is 191 Å². The summed E-state index contributed by atoms with van der Waals surface area (Å²) in [4.78, 5) is 41.6. The normalized spacial score (nSPS) is 44.8. The summed E-state index contributed by atoms with van der Waals surface area (Å²) in [5, 5.41) is 47.0. The summed E-state index contributed by atoms with van der Waals surface area (Å²) in [6.45, 7) is 3.23. The molecule has 294 valence electrons. The average Bonchev–Trinajstić information content (AvgIpc) is 3.51. The minimum atomic E-state index is -1.90. The molecule has 0 aromatic heterocycles. The van der Waals surface area contributed by atoms with Gasteiger partial charge in [-0.1, -0.05) is 31.5 Å². The minimum Gasteiger partial charge on any atom is -0.481 e. The van der Waals surface area contributed by atoms with Crippen LogP contribution in [-0.4, -0.2) is 145 Å². The molecule has 1 heterocycles. The van der Waals surface area contributed by atoms with Crippen molar-refractivity contribution in [1.82, 2.24) is 4.90 Å². The quantitative estimate of drug-likeness (QED) is 0.150. The van der Waals surface area contributed by atoms with Crippen LogP contribution >= 0.6 is 0 Å². The minimum absolute atomic E-state index is 0.0185. The molecule has 53 heavy (non-hydrogen) atoms. The third kappa shape index (κ3) is 5.16. The van der Waals surface area contributed by atoms with Gasteiger partial charge in [0.1, 0.15) is 23.9 Å². The Morgan fingerprint density at radius 1 is 0.925 bits per heavy atom. The zero-order chi connectivity index (χ0) is 38.1. The Hall–Kier alpha value is -2.69. The van der Waals surface area contributed by atoms with E-state index in [2.05, 4.69) is 4.90 Å². The van der Waals surface area contributed by atoms with Gasteiger partial charge in [0, 0.05) is 88.9 Å². The molecule has 0 unspecified atom stereocenters. The summed E-state index contributed by atoms with van der Waals surface area (Å²) >= 11 is 0. The van der Waals surface area contributed by atoms with Gasteiger partial charge in [0.2, 0.25) is 0 Å². The molecule has 1 aliphatic heterocycles. The largest absolute Gasteiger partial charge is 0.481 e. The molecule has 7 rings (SSSR count). The number of hydrogen-bond donors (Lipinski definition) is 4. The smallest absolute Gasteiger partial charge is 0.338 e. The van der Waals surface area contributed by atoms with Gasteiger partial charge in [-0.25, -0.2) is 4.79 Å². The van der Waals surface area contributed by atoms with E-state index in [-0.39, 0.29) is 37.9 Å². The third-order valence-corrected chi connectivity index (χ3v) is 14.4. The molecule has 6 aliphatic rings. The van der Waals surface area contributed by atoms with Crippen LogP contribution in [0.5, 0.6) is 0 Å². The van der Waals surface area contributed by atoms with Crippen molar-refractivity contribution in [3.8, 4) is 0 Å². The molecule has 5 aliphatic carbocycles. The molecule has 0 amide bonds. The number of likely N-dealkylation sites (tertiary alicyclic amines) is 1. The van der Waals surface area contributed by atoms with E-state index in [1.807, 2.05) is 6.92 Å². The third-order valence-electron chi connectivity index (χ3n) is 14.4. The standard InChI is InChI=1S/C39H55NO13/c1-6-40-19-36(20-48-2)23(41)17-24(49-3)38-22-18-37(47)33(52-35(46)21-13-9-7-10-14-21)27(22)39(32(45)34(37)51-5,28(31(38)40)29(50-4)30(36)38)53-26(44)16-12-8-11-15-25(42)43/h7,9-10,13-14,22-24,27-34,41,45,47H,6,8,11-12,15-20H2,1-5H3,(H,42,43)/t22-,23-,24+,27-,28-,29+,30-,31-,32+,33-,34+,36+,37-,38+,39-/m1/s1. The van der Waals surface area contributed by atoms with Crippen molar-refractivity contribution in [2.24, 2.45) is 34.5 Å². The van der Waals surface area contributed by atoms with Crippen LogP contribution in [0, 0.1) is 34.5 Å². The Labute approximate surface area is 310 Å². The molecular formula is C39H55NO13. The number of aliphatic hydroxyl groups is 3. The summed E-state index contributed by atoms with van der Waals surface area (Å²) in [6, 6.07) is 8.04. The summed E-state index contributed by atoms with van der Waals surface area (Å²) in [5.41, 5.74) is -5.11. The van der Waals surface area contributed by atoms with Crippen molar-refractivity contribution in [3.63, 3.8) is 0 Å². The van der Waals surface area contributed by atoms with Gasteiger partial charge in [-0.15, -0.1) is 0 Å². The lowest BCUT2D eigenvalue weighted by molar-refractivity contribution is -0.323. The summed E-state index contributed by atoms with van der Waals surface area (Å²) in [7, 11) is 6.20. The summed E-state index contributed by atoms with van der Waals surface area (Å²) in [5.74, 6) is -4.88. The van der Waals surface area contributed by atoms with Crippen LogP contribution in [0.15, 0.2) is 30.3 Å². The molecule has 1 aromatic rings. The number of esters is 2. The van der Waals surface area contributed by atoms with Crippen LogP contribution in [0.3, 0.4) is 0 Å². The van der Waals surface area contributed by atoms with Gasteiger partial charge in [-0.2, -0.15) is 0 Å². The second kappa shape index (κ2) is 14.1. The number of carbonyl (C=O) groups excluding carboxylic acids is 2. The fraction of sp³-hybridized carbons (Fsp3) is 0.769. The Morgan fingerprint density at radius 3 is 2.26 bits per heavy atom. The van der Waals surface area contributed by atoms with Gasteiger partial charge in [0.25, 0.3) is 0 Å². The lowest BCUT2D eigenvalue weighted by atomic mass is 9.42. The van der Waals surface area contributed by atoms with E-state index in [1.165, 1.54) is 7.11 Å². The van der Waals surface area contributed by atoms with Gasteiger partial charge in [0.05, 0.1) is 30.5 Å². The Balaban J connectivity index is 1.44. The lowest BCUT2D eigenvalue weighted by Crippen LogP contribution is -2.81. The molecule has 14 heteroatoms. The molecule has 7 bridgehead atoms. The maximum Gasteiger partial charge on any atom is 0.338 e. The maximum atomic E-state index is 14.2. The molecule has 0 radical (unpaired) electrons. The number of hydrogen-bond acceptors (Lipinski definition) is 13. The molecule has 4 N–H and O–H groups in total. The first-order valence-electron chi connectivity index (χ1n) is 19.0.